The molecule has 0 aliphatic heterocycles. The zero-order chi connectivity index (χ0) is 13.8. The van der Waals surface area contributed by atoms with Crippen LogP contribution in [0.25, 0.3) is 0 Å². The summed E-state index contributed by atoms with van der Waals surface area (Å²) in [7, 11) is 0. The van der Waals surface area contributed by atoms with Crippen molar-refractivity contribution in [1.82, 2.24) is 10.2 Å². The molecule has 3 heteroatoms. The second kappa shape index (κ2) is 5.93. The third kappa shape index (κ3) is 3.38. The predicted octanol–water partition coefficient (Wildman–Crippen LogP) is 2.90. The monoisotopic (exact) mass is 255 g/mol. The smallest absolute Gasteiger partial charge is 0.0648 e. The van der Waals surface area contributed by atoms with Crippen molar-refractivity contribution in [2.75, 3.05) is 0 Å². The van der Waals surface area contributed by atoms with Crippen LogP contribution < -0.4 is 5.73 Å². The van der Waals surface area contributed by atoms with Gasteiger partial charge < -0.3 is 5.73 Å². The molecule has 0 aliphatic carbocycles. The summed E-state index contributed by atoms with van der Waals surface area (Å²) in [5.41, 5.74) is 11.8. The van der Waals surface area contributed by atoms with Crippen LogP contribution in [0.4, 0.5) is 0 Å². The van der Waals surface area contributed by atoms with Gasteiger partial charge in [-0.2, -0.15) is 10.2 Å². The highest BCUT2D eigenvalue weighted by Crippen LogP contribution is 2.19. The molecule has 19 heavy (non-hydrogen) atoms. The van der Waals surface area contributed by atoms with Crippen LogP contribution in [-0.2, 0) is 12.8 Å². The molecule has 1 heterocycles. The van der Waals surface area contributed by atoms with E-state index in [0.29, 0.717) is 0 Å². The van der Waals surface area contributed by atoms with Crippen molar-refractivity contribution in [1.29, 1.82) is 0 Å². The van der Waals surface area contributed by atoms with Crippen molar-refractivity contribution in [3.63, 3.8) is 0 Å². The van der Waals surface area contributed by atoms with Crippen LogP contribution in [0, 0.1) is 13.8 Å². The van der Waals surface area contributed by atoms with E-state index in [1.54, 1.807) is 0 Å². The van der Waals surface area contributed by atoms with Crippen LogP contribution in [0.3, 0.4) is 0 Å². The number of nitrogens with zero attached hydrogens (tertiary/aromatic N) is 2. The van der Waals surface area contributed by atoms with Gasteiger partial charge in [-0.15, -0.1) is 0 Å². The van der Waals surface area contributed by atoms with Gasteiger partial charge in [0.05, 0.1) is 11.4 Å². The minimum atomic E-state index is -0.0262. The van der Waals surface area contributed by atoms with Gasteiger partial charge in [0.15, 0.2) is 0 Å². The molecule has 1 aromatic carbocycles. The van der Waals surface area contributed by atoms with Gasteiger partial charge in [-0.25, -0.2) is 0 Å². The number of nitrogens with two attached hydrogens (primary N) is 1. The van der Waals surface area contributed by atoms with Gasteiger partial charge in [-0.1, -0.05) is 31.2 Å². The van der Waals surface area contributed by atoms with Crippen molar-refractivity contribution in [2.45, 2.75) is 39.7 Å². The van der Waals surface area contributed by atoms with E-state index in [4.69, 9.17) is 5.73 Å². The zero-order valence-corrected chi connectivity index (χ0v) is 11.9. The molecule has 3 nitrogen and oxygen atoms in total. The second-order valence-corrected chi connectivity index (χ2v) is 5.01. The van der Waals surface area contributed by atoms with Gasteiger partial charge in [-0.05, 0) is 49.4 Å². The minimum absolute atomic E-state index is 0.0262. The summed E-state index contributed by atoms with van der Waals surface area (Å²) in [6.07, 6.45) is 1.90. The van der Waals surface area contributed by atoms with Crippen LogP contribution in [0.1, 0.15) is 41.0 Å². The van der Waals surface area contributed by atoms with Gasteiger partial charge in [-0.3, -0.25) is 0 Å². The summed E-state index contributed by atoms with van der Waals surface area (Å²) in [5, 5.41) is 8.18. The lowest BCUT2D eigenvalue weighted by molar-refractivity contribution is 0.700. The Labute approximate surface area is 114 Å². The first-order chi connectivity index (χ1) is 9.10. The maximum Gasteiger partial charge on any atom is 0.0648 e. The van der Waals surface area contributed by atoms with Crippen molar-refractivity contribution < 1.29 is 0 Å². The normalized spacial score (nSPS) is 12.4. The number of benzene rings is 1. The zero-order valence-electron chi connectivity index (χ0n) is 11.9. The van der Waals surface area contributed by atoms with Gasteiger partial charge in [0.1, 0.15) is 0 Å². The lowest BCUT2D eigenvalue weighted by atomic mass is 9.97. The quantitative estimate of drug-likeness (QED) is 0.914. The molecule has 0 radical (unpaired) electrons. The highest BCUT2D eigenvalue weighted by Gasteiger charge is 2.11. The molecule has 0 amide bonds. The Hall–Kier alpha value is -1.74. The summed E-state index contributed by atoms with van der Waals surface area (Å²) >= 11 is 0. The number of hydrogen-bond acceptors (Lipinski definition) is 3. The summed E-state index contributed by atoms with van der Waals surface area (Å²) in [5.74, 6) is 0. The number of aromatic nitrogens is 2. The molecule has 1 aromatic heterocycles. The third-order valence-corrected chi connectivity index (χ3v) is 3.43. The molecule has 0 spiro atoms. The van der Waals surface area contributed by atoms with E-state index in [0.717, 1.165) is 29.8 Å². The first-order valence-electron chi connectivity index (χ1n) is 6.74. The Balaban J connectivity index is 2.15. The summed E-state index contributed by atoms with van der Waals surface area (Å²) < 4.78 is 0. The SMILES string of the molecule is CCc1ccc(CC(N)c2cc(C)nnc2C)cc1. The molecule has 1 unspecified atom stereocenters. The highest BCUT2D eigenvalue weighted by molar-refractivity contribution is 5.28. The van der Waals surface area contributed by atoms with Crippen LogP contribution in [0.2, 0.25) is 0 Å². The fraction of sp³-hybridized carbons (Fsp3) is 0.375. The maximum absolute atomic E-state index is 6.30. The molecular formula is C16H21N3. The Morgan fingerprint density at radius 1 is 1.05 bits per heavy atom. The molecular weight excluding hydrogens is 234 g/mol. The molecule has 2 N–H and O–H groups in total. The van der Waals surface area contributed by atoms with Gasteiger partial charge >= 0.3 is 0 Å². The van der Waals surface area contributed by atoms with E-state index >= 15 is 0 Å². The van der Waals surface area contributed by atoms with Crippen molar-refractivity contribution in [2.24, 2.45) is 5.73 Å². The molecule has 0 bridgehead atoms. The molecule has 1 atom stereocenters. The molecule has 2 rings (SSSR count). The first-order valence-corrected chi connectivity index (χ1v) is 6.74. The van der Waals surface area contributed by atoms with Crippen LogP contribution in [-0.4, -0.2) is 10.2 Å². The van der Waals surface area contributed by atoms with Gasteiger partial charge in [0, 0.05) is 6.04 Å². The number of aryl methyl sites for hydroxylation is 3. The average molecular weight is 255 g/mol. The first kappa shape index (κ1) is 13.7. The highest BCUT2D eigenvalue weighted by atomic mass is 15.1. The van der Waals surface area contributed by atoms with Gasteiger partial charge in [0.2, 0.25) is 0 Å². The van der Waals surface area contributed by atoms with Crippen LogP contribution in [0.5, 0.6) is 0 Å². The molecule has 0 aliphatic rings. The van der Waals surface area contributed by atoms with E-state index < -0.39 is 0 Å². The average Bonchev–Trinajstić information content (AvgIpc) is 2.42. The van der Waals surface area contributed by atoms with E-state index in [2.05, 4.69) is 41.4 Å². The molecule has 100 valence electrons. The van der Waals surface area contributed by atoms with E-state index in [9.17, 15) is 0 Å². The largest absolute Gasteiger partial charge is 0.324 e. The summed E-state index contributed by atoms with van der Waals surface area (Å²) in [6, 6.07) is 10.7. The summed E-state index contributed by atoms with van der Waals surface area (Å²) in [4.78, 5) is 0. The third-order valence-electron chi connectivity index (χ3n) is 3.43. The molecule has 2 aromatic rings. The minimum Gasteiger partial charge on any atom is -0.324 e. The van der Waals surface area contributed by atoms with E-state index in [1.807, 2.05) is 19.9 Å². The van der Waals surface area contributed by atoms with Crippen molar-refractivity contribution in [3.05, 3.63) is 58.4 Å². The lowest BCUT2D eigenvalue weighted by Gasteiger charge is -2.14. The fourth-order valence-corrected chi connectivity index (χ4v) is 2.22. The fourth-order valence-electron chi connectivity index (χ4n) is 2.22. The Morgan fingerprint density at radius 3 is 2.32 bits per heavy atom. The number of rotatable bonds is 4. The number of hydrogen-bond donors (Lipinski definition) is 1. The van der Waals surface area contributed by atoms with Crippen LogP contribution >= 0.6 is 0 Å². The Kier molecular flexibility index (Phi) is 4.27. The summed E-state index contributed by atoms with van der Waals surface area (Å²) in [6.45, 7) is 6.07. The maximum atomic E-state index is 6.30. The standard InChI is InChI=1S/C16H21N3/c1-4-13-5-7-14(8-6-13)10-16(17)15-9-11(2)18-19-12(15)3/h5-9,16H,4,10,17H2,1-3H3. The van der Waals surface area contributed by atoms with E-state index in [-0.39, 0.29) is 6.04 Å². The van der Waals surface area contributed by atoms with Gasteiger partial charge in [0.25, 0.3) is 0 Å². The molecule has 0 saturated carbocycles. The molecule has 0 fully saturated rings. The predicted molar refractivity (Wildman–Crippen MR) is 78.0 cm³/mol. The van der Waals surface area contributed by atoms with E-state index in [1.165, 1.54) is 11.1 Å². The van der Waals surface area contributed by atoms with Crippen molar-refractivity contribution >= 4 is 0 Å². The molecule has 0 saturated heterocycles. The Morgan fingerprint density at radius 2 is 1.68 bits per heavy atom. The van der Waals surface area contributed by atoms with Crippen molar-refractivity contribution in [3.8, 4) is 0 Å². The van der Waals surface area contributed by atoms with Crippen LogP contribution in [0.15, 0.2) is 30.3 Å². The lowest BCUT2D eigenvalue weighted by Crippen LogP contribution is -2.16. The second-order valence-electron chi connectivity index (χ2n) is 5.01. The topological polar surface area (TPSA) is 51.8 Å². The Bertz CT molecular complexity index is 546.